The van der Waals surface area contributed by atoms with Gasteiger partial charge in [0.2, 0.25) is 5.13 Å². The Balaban J connectivity index is 1.58. The van der Waals surface area contributed by atoms with Crippen molar-refractivity contribution in [2.75, 3.05) is 17.2 Å². The molecule has 1 fully saturated rings. The zero-order valence-electron chi connectivity index (χ0n) is 12.0. The van der Waals surface area contributed by atoms with Gasteiger partial charge in [0.25, 0.3) is 0 Å². The van der Waals surface area contributed by atoms with Crippen LogP contribution >= 0.6 is 11.3 Å². The van der Waals surface area contributed by atoms with Gasteiger partial charge in [0.1, 0.15) is 17.2 Å². The number of nitrogens with zero attached hydrogens (tertiary/aromatic N) is 2. The minimum absolute atomic E-state index is 0.249. The predicted octanol–water partition coefficient (Wildman–Crippen LogP) is 1.37. The summed E-state index contributed by atoms with van der Waals surface area (Å²) in [6.45, 7) is -0.249. The molecule has 0 bridgehead atoms. The highest BCUT2D eigenvalue weighted by Gasteiger charge is 2.36. The van der Waals surface area contributed by atoms with Crippen LogP contribution in [0.2, 0.25) is 0 Å². The van der Waals surface area contributed by atoms with Gasteiger partial charge in [-0.1, -0.05) is 29.5 Å². The second kappa shape index (κ2) is 7.01. The van der Waals surface area contributed by atoms with Crippen LogP contribution in [0.1, 0.15) is 17.5 Å². The van der Waals surface area contributed by atoms with Gasteiger partial charge in [-0.2, -0.15) is 0 Å². The molecule has 2 aromatic rings. The van der Waals surface area contributed by atoms with Crippen LogP contribution in [0.15, 0.2) is 30.3 Å². The Bertz CT molecular complexity index is 666. The maximum Gasteiger partial charge on any atom is 0.325 e. The van der Waals surface area contributed by atoms with Gasteiger partial charge < -0.3 is 20.3 Å². The molecular weight excluding hydrogens is 320 g/mol. The zero-order valence-corrected chi connectivity index (χ0v) is 12.9. The van der Waals surface area contributed by atoms with Crippen LogP contribution in [0, 0.1) is 0 Å². The van der Waals surface area contributed by atoms with Crippen LogP contribution in [0.25, 0.3) is 0 Å². The van der Waals surface area contributed by atoms with Crippen molar-refractivity contribution in [2.45, 2.75) is 24.7 Å². The molecule has 4 N–H and O–H groups in total. The van der Waals surface area contributed by atoms with E-state index >= 15 is 0 Å². The molecule has 0 saturated carbocycles. The molecular formula is C14H16N4O4S. The molecule has 122 valence electrons. The van der Waals surface area contributed by atoms with E-state index in [9.17, 15) is 9.90 Å². The molecule has 0 spiro atoms. The minimum atomic E-state index is -0.730. The molecule has 23 heavy (non-hydrogen) atoms. The van der Waals surface area contributed by atoms with Gasteiger partial charge in [0.15, 0.2) is 0 Å². The molecule has 2 amide bonds. The molecule has 1 aromatic heterocycles. The number of carbonyl (C=O) groups excluding carboxylic acids is 1. The first-order chi connectivity index (χ1) is 11.2. The zero-order chi connectivity index (χ0) is 16.2. The number of ether oxygens (including phenoxy) is 1. The number of urea groups is 1. The average Bonchev–Trinajstić information content (AvgIpc) is 3.14. The van der Waals surface area contributed by atoms with Crippen LogP contribution in [0.5, 0.6) is 0 Å². The number of para-hydroxylation sites is 1. The predicted molar refractivity (Wildman–Crippen MR) is 84.3 cm³/mol. The average molecular weight is 336 g/mol. The Kier molecular flexibility index (Phi) is 4.82. The van der Waals surface area contributed by atoms with Crippen molar-refractivity contribution in [1.82, 2.24) is 10.2 Å². The summed E-state index contributed by atoms with van der Waals surface area (Å²) in [5.74, 6) is 0. The Hall–Kier alpha value is -2.07. The molecule has 8 nitrogen and oxygen atoms in total. The molecule has 2 heterocycles. The van der Waals surface area contributed by atoms with E-state index in [1.54, 1.807) is 12.1 Å². The van der Waals surface area contributed by atoms with Crippen LogP contribution in [-0.2, 0) is 4.74 Å². The Labute approximate surface area is 136 Å². The van der Waals surface area contributed by atoms with Gasteiger partial charge in [-0.05, 0) is 12.1 Å². The van der Waals surface area contributed by atoms with Crippen LogP contribution in [-0.4, -0.2) is 45.3 Å². The van der Waals surface area contributed by atoms with Crippen LogP contribution < -0.4 is 10.6 Å². The Morgan fingerprint density at radius 1 is 1.30 bits per heavy atom. The van der Waals surface area contributed by atoms with Crippen molar-refractivity contribution in [3.05, 3.63) is 35.3 Å². The van der Waals surface area contributed by atoms with Gasteiger partial charge in [0.05, 0.1) is 12.7 Å². The van der Waals surface area contributed by atoms with Crippen molar-refractivity contribution in [2.24, 2.45) is 0 Å². The number of anilines is 2. The molecule has 1 aliphatic heterocycles. The normalized spacial score (nSPS) is 23.7. The maximum absolute atomic E-state index is 11.9. The third-order valence-corrected chi connectivity index (χ3v) is 4.30. The highest BCUT2D eigenvalue weighted by molar-refractivity contribution is 7.15. The highest BCUT2D eigenvalue weighted by atomic mass is 32.1. The number of aliphatic hydroxyl groups is 2. The lowest BCUT2D eigenvalue weighted by atomic mass is 10.1. The van der Waals surface area contributed by atoms with E-state index in [4.69, 9.17) is 9.84 Å². The second-order valence-electron chi connectivity index (χ2n) is 5.04. The van der Waals surface area contributed by atoms with Crippen molar-refractivity contribution in [3.63, 3.8) is 0 Å². The molecule has 0 unspecified atom stereocenters. The number of aromatic nitrogens is 2. The number of aliphatic hydroxyl groups excluding tert-OH is 2. The van der Waals surface area contributed by atoms with Gasteiger partial charge in [-0.25, -0.2) is 4.79 Å². The third-order valence-electron chi connectivity index (χ3n) is 3.37. The number of hydrogen-bond donors (Lipinski definition) is 4. The largest absolute Gasteiger partial charge is 0.394 e. The molecule has 0 radical (unpaired) electrons. The first-order valence-corrected chi connectivity index (χ1v) is 7.88. The lowest BCUT2D eigenvalue weighted by Crippen LogP contribution is -2.24. The number of benzene rings is 1. The van der Waals surface area contributed by atoms with E-state index in [0.29, 0.717) is 22.2 Å². The van der Waals surface area contributed by atoms with Crippen molar-refractivity contribution >= 4 is 28.2 Å². The van der Waals surface area contributed by atoms with E-state index < -0.39 is 24.3 Å². The Morgan fingerprint density at radius 2 is 2.09 bits per heavy atom. The number of carbonyl (C=O) groups is 1. The minimum Gasteiger partial charge on any atom is -0.394 e. The maximum atomic E-state index is 11.9. The van der Waals surface area contributed by atoms with E-state index in [2.05, 4.69) is 20.8 Å². The first-order valence-electron chi connectivity index (χ1n) is 7.06. The Morgan fingerprint density at radius 3 is 2.78 bits per heavy atom. The van der Waals surface area contributed by atoms with Gasteiger partial charge in [0, 0.05) is 12.1 Å². The highest BCUT2D eigenvalue weighted by Crippen LogP contribution is 2.35. The van der Waals surface area contributed by atoms with Crippen molar-refractivity contribution in [3.8, 4) is 0 Å². The fourth-order valence-electron chi connectivity index (χ4n) is 2.25. The lowest BCUT2D eigenvalue weighted by molar-refractivity contribution is -0.0227. The smallest absolute Gasteiger partial charge is 0.325 e. The summed E-state index contributed by atoms with van der Waals surface area (Å²) in [6.07, 6.45) is -1.42. The monoisotopic (exact) mass is 336 g/mol. The van der Waals surface area contributed by atoms with Gasteiger partial charge >= 0.3 is 6.03 Å². The van der Waals surface area contributed by atoms with E-state index in [1.807, 2.05) is 18.2 Å². The van der Waals surface area contributed by atoms with Crippen LogP contribution in [0.4, 0.5) is 15.6 Å². The molecule has 1 saturated heterocycles. The second-order valence-corrected chi connectivity index (χ2v) is 6.05. The number of amides is 2. The van der Waals surface area contributed by atoms with Crippen molar-refractivity contribution < 1.29 is 19.7 Å². The number of hydrogen-bond acceptors (Lipinski definition) is 7. The molecule has 3 atom stereocenters. The molecule has 9 heteroatoms. The quantitative estimate of drug-likeness (QED) is 0.670. The van der Waals surface area contributed by atoms with E-state index in [0.717, 1.165) is 0 Å². The molecule has 1 aliphatic rings. The summed E-state index contributed by atoms with van der Waals surface area (Å²) in [5, 5.41) is 32.8. The first kappa shape index (κ1) is 15.8. The summed E-state index contributed by atoms with van der Waals surface area (Å²) >= 11 is 1.17. The van der Waals surface area contributed by atoms with E-state index in [1.165, 1.54) is 11.3 Å². The summed E-state index contributed by atoms with van der Waals surface area (Å²) in [4.78, 5) is 11.9. The van der Waals surface area contributed by atoms with Gasteiger partial charge in [-0.3, -0.25) is 5.32 Å². The summed E-state index contributed by atoms with van der Waals surface area (Å²) in [7, 11) is 0. The standard InChI is InChI=1S/C14H16N4O4S/c19-7-11-9(20)6-10(22-11)12-17-18-14(23-12)16-13(21)15-8-4-2-1-3-5-8/h1-5,9-11,19-20H,6-7H2,(H2,15,16,18,21)/t9-,10+,11+/m0/s1. The third kappa shape index (κ3) is 3.82. The number of rotatable bonds is 4. The molecule has 0 aliphatic carbocycles. The SMILES string of the molecule is O=C(Nc1ccccc1)Nc1nnc([C@H]2C[C@H](O)[C@@H](CO)O2)s1. The molecule has 3 rings (SSSR count). The van der Waals surface area contributed by atoms with Crippen molar-refractivity contribution in [1.29, 1.82) is 0 Å². The number of nitrogens with one attached hydrogen (secondary N) is 2. The van der Waals surface area contributed by atoms with Crippen LogP contribution in [0.3, 0.4) is 0 Å². The fraction of sp³-hybridized carbons (Fsp3) is 0.357. The molecule has 1 aromatic carbocycles. The fourth-order valence-corrected chi connectivity index (χ4v) is 3.04. The summed E-state index contributed by atoms with van der Waals surface area (Å²) in [5.41, 5.74) is 0.669. The summed E-state index contributed by atoms with van der Waals surface area (Å²) < 4.78 is 5.50. The topological polar surface area (TPSA) is 117 Å². The van der Waals surface area contributed by atoms with Gasteiger partial charge in [-0.15, -0.1) is 10.2 Å². The lowest BCUT2D eigenvalue weighted by Gasteiger charge is -2.09. The van der Waals surface area contributed by atoms with E-state index in [-0.39, 0.29) is 6.61 Å². The summed E-state index contributed by atoms with van der Waals surface area (Å²) in [6, 6.07) is 8.62.